The molecule has 1 aromatic rings. The monoisotopic (exact) mass is 349 g/mol. The summed E-state index contributed by atoms with van der Waals surface area (Å²) >= 11 is 2.81. The summed E-state index contributed by atoms with van der Waals surface area (Å²) in [5.41, 5.74) is -0.266. The van der Waals surface area contributed by atoms with E-state index in [1.165, 1.54) is 24.1 Å². The molecule has 112 valence electrons. The van der Waals surface area contributed by atoms with E-state index in [0.29, 0.717) is 5.56 Å². The fraction of sp³-hybridized carbons (Fsp3) is 0.500. The first-order valence-electron chi connectivity index (χ1n) is 6.13. The van der Waals surface area contributed by atoms with Crippen molar-refractivity contribution in [3.63, 3.8) is 0 Å². The van der Waals surface area contributed by atoms with Crippen LogP contribution >= 0.6 is 15.9 Å². The summed E-state index contributed by atoms with van der Waals surface area (Å²) in [6.45, 7) is 6.93. The molecule has 3 nitrogen and oxygen atoms in total. The van der Waals surface area contributed by atoms with Gasteiger partial charge in [-0.2, -0.15) is 0 Å². The molecule has 0 heterocycles. The van der Waals surface area contributed by atoms with Crippen molar-refractivity contribution in [2.75, 3.05) is 7.05 Å². The molecule has 0 fully saturated rings. The molecule has 0 saturated heterocycles. The van der Waals surface area contributed by atoms with Gasteiger partial charge in [0.05, 0.1) is 10.5 Å². The maximum atomic E-state index is 13.5. The highest BCUT2D eigenvalue weighted by atomic mass is 79.9. The number of nitrogens with zero attached hydrogens (tertiary/aromatic N) is 1. The van der Waals surface area contributed by atoms with Crippen molar-refractivity contribution in [2.45, 2.75) is 39.3 Å². The van der Waals surface area contributed by atoms with Gasteiger partial charge >= 0.3 is 6.09 Å². The third-order valence-corrected chi connectivity index (χ3v) is 3.51. The Balaban J connectivity index is 2.95. The molecule has 1 aromatic carbocycles. The molecule has 0 N–H and O–H groups in total. The molecule has 0 saturated carbocycles. The van der Waals surface area contributed by atoms with Crippen LogP contribution in [0.4, 0.5) is 13.6 Å². The number of rotatable bonds is 2. The normalized spacial score (nSPS) is 13.0. The highest BCUT2D eigenvalue weighted by molar-refractivity contribution is 9.10. The number of ether oxygens (including phenoxy) is 1. The molecule has 1 atom stereocenters. The topological polar surface area (TPSA) is 29.5 Å². The first-order chi connectivity index (χ1) is 9.03. The van der Waals surface area contributed by atoms with Crippen LogP contribution in [0.2, 0.25) is 0 Å². The van der Waals surface area contributed by atoms with Gasteiger partial charge < -0.3 is 9.64 Å². The second kappa shape index (κ2) is 6.08. The van der Waals surface area contributed by atoms with Crippen LogP contribution in [0.1, 0.15) is 39.3 Å². The molecule has 0 aromatic heterocycles. The van der Waals surface area contributed by atoms with Gasteiger partial charge in [0.1, 0.15) is 17.2 Å². The average molecular weight is 350 g/mol. The van der Waals surface area contributed by atoms with Crippen LogP contribution in [0, 0.1) is 11.6 Å². The highest BCUT2D eigenvalue weighted by Gasteiger charge is 2.24. The molecule has 0 radical (unpaired) electrons. The van der Waals surface area contributed by atoms with Gasteiger partial charge in [0.2, 0.25) is 0 Å². The van der Waals surface area contributed by atoms with Crippen LogP contribution < -0.4 is 0 Å². The van der Waals surface area contributed by atoms with E-state index in [0.717, 1.165) is 0 Å². The Morgan fingerprint density at radius 3 is 2.15 bits per heavy atom. The Morgan fingerprint density at radius 1 is 1.30 bits per heavy atom. The Kier molecular flexibility index (Phi) is 5.13. The van der Waals surface area contributed by atoms with Crippen molar-refractivity contribution in [1.82, 2.24) is 4.90 Å². The number of halogens is 3. The quantitative estimate of drug-likeness (QED) is 0.727. The van der Waals surface area contributed by atoms with Crippen molar-refractivity contribution in [2.24, 2.45) is 0 Å². The number of carbonyl (C=O) groups excluding carboxylic acids is 1. The molecule has 0 aliphatic heterocycles. The Hall–Kier alpha value is -1.17. The van der Waals surface area contributed by atoms with E-state index in [4.69, 9.17) is 4.74 Å². The maximum Gasteiger partial charge on any atom is 0.410 e. The molecule has 0 aliphatic rings. The fourth-order valence-electron chi connectivity index (χ4n) is 1.53. The minimum atomic E-state index is -0.704. The molecule has 1 amide bonds. The minimum Gasteiger partial charge on any atom is -0.444 e. The molecule has 1 unspecified atom stereocenters. The zero-order valence-electron chi connectivity index (χ0n) is 12.1. The van der Waals surface area contributed by atoms with Gasteiger partial charge in [0.25, 0.3) is 0 Å². The Bertz CT molecular complexity index is 491. The van der Waals surface area contributed by atoms with Crippen LogP contribution in [0.3, 0.4) is 0 Å². The van der Waals surface area contributed by atoms with Crippen LogP contribution in [0.5, 0.6) is 0 Å². The third kappa shape index (κ3) is 4.16. The number of hydrogen-bond acceptors (Lipinski definition) is 2. The van der Waals surface area contributed by atoms with Gasteiger partial charge in [-0.1, -0.05) is 0 Å². The number of amides is 1. The third-order valence-electron chi connectivity index (χ3n) is 2.75. The lowest BCUT2D eigenvalue weighted by molar-refractivity contribution is 0.0233. The summed E-state index contributed by atoms with van der Waals surface area (Å²) in [5, 5.41) is 0. The van der Waals surface area contributed by atoms with E-state index in [9.17, 15) is 13.6 Å². The summed E-state index contributed by atoms with van der Waals surface area (Å²) < 4.78 is 32.0. The van der Waals surface area contributed by atoms with Crippen LogP contribution in [-0.4, -0.2) is 23.6 Å². The second-order valence-electron chi connectivity index (χ2n) is 5.57. The lowest BCUT2D eigenvalue weighted by atomic mass is 10.1. The smallest absolute Gasteiger partial charge is 0.410 e. The van der Waals surface area contributed by atoms with Crippen LogP contribution in [0.25, 0.3) is 0 Å². The summed E-state index contributed by atoms with van der Waals surface area (Å²) in [5.74, 6) is -1.41. The van der Waals surface area contributed by atoms with Crippen molar-refractivity contribution in [3.05, 3.63) is 33.8 Å². The van der Waals surface area contributed by atoms with Crippen molar-refractivity contribution >= 4 is 22.0 Å². The standard InChI is InChI=1S/C14H18BrF2NO2/c1-8(18(5)13(19)20-14(2,3)4)9-6-10(16)12(15)11(17)7-9/h6-8H,1-5H3. The summed E-state index contributed by atoms with van der Waals surface area (Å²) in [7, 11) is 1.52. The predicted molar refractivity (Wildman–Crippen MR) is 76.5 cm³/mol. The Labute approximate surface area is 126 Å². The lowest BCUT2D eigenvalue weighted by Gasteiger charge is -2.29. The van der Waals surface area contributed by atoms with Gasteiger partial charge in [0, 0.05) is 7.05 Å². The number of benzene rings is 1. The molecule has 20 heavy (non-hydrogen) atoms. The molecule has 0 spiro atoms. The van der Waals surface area contributed by atoms with Gasteiger partial charge in [-0.05, 0) is 61.3 Å². The van der Waals surface area contributed by atoms with Crippen molar-refractivity contribution < 1.29 is 18.3 Å². The van der Waals surface area contributed by atoms with Gasteiger partial charge in [-0.15, -0.1) is 0 Å². The molecule has 0 aliphatic carbocycles. The highest BCUT2D eigenvalue weighted by Crippen LogP contribution is 2.27. The van der Waals surface area contributed by atoms with E-state index >= 15 is 0 Å². The zero-order chi connectivity index (χ0) is 15.7. The van der Waals surface area contributed by atoms with Gasteiger partial charge in [-0.3, -0.25) is 0 Å². The van der Waals surface area contributed by atoms with Crippen molar-refractivity contribution in [3.8, 4) is 0 Å². The molecule has 0 bridgehead atoms. The Morgan fingerprint density at radius 2 is 1.75 bits per heavy atom. The van der Waals surface area contributed by atoms with E-state index in [2.05, 4.69) is 15.9 Å². The molecule has 6 heteroatoms. The summed E-state index contributed by atoms with van der Waals surface area (Å²) in [6, 6.07) is 1.87. The second-order valence-corrected chi connectivity index (χ2v) is 6.36. The lowest BCUT2D eigenvalue weighted by Crippen LogP contribution is -2.35. The molecular weight excluding hydrogens is 332 g/mol. The summed E-state index contributed by atoms with van der Waals surface area (Å²) in [4.78, 5) is 13.2. The zero-order valence-corrected chi connectivity index (χ0v) is 13.7. The fourth-order valence-corrected chi connectivity index (χ4v) is 1.76. The van der Waals surface area contributed by atoms with Crippen LogP contribution in [0.15, 0.2) is 16.6 Å². The SMILES string of the molecule is CC(c1cc(F)c(Br)c(F)c1)N(C)C(=O)OC(C)(C)C. The maximum absolute atomic E-state index is 13.5. The van der Waals surface area contributed by atoms with E-state index in [1.807, 2.05) is 0 Å². The van der Waals surface area contributed by atoms with Gasteiger partial charge in [-0.25, -0.2) is 13.6 Å². The predicted octanol–water partition coefficient (Wildman–Crippen LogP) is 4.66. The van der Waals surface area contributed by atoms with Crippen molar-refractivity contribution in [1.29, 1.82) is 0 Å². The van der Waals surface area contributed by atoms with E-state index in [1.54, 1.807) is 27.7 Å². The van der Waals surface area contributed by atoms with Crippen LogP contribution in [-0.2, 0) is 4.74 Å². The summed E-state index contributed by atoms with van der Waals surface area (Å²) in [6.07, 6.45) is -0.547. The largest absolute Gasteiger partial charge is 0.444 e. The average Bonchev–Trinajstić information content (AvgIpc) is 2.31. The molecule has 1 rings (SSSR count). The number of hydrogen-bond donors (Lipinski definition) is 0. The molecular formula is C14H18BrF2NO2. The number of carbonyl (C=O) groups is 1. The first-order valence-corrected chi connectivity index (χ1v) is 6.92. The first kappa shape index (κ1) is 16.9. The van der Waals surface area contributed by atoms with Gasteiger partial charge in [0.15, 0.2) is 0 Å². The van der Waals surface area contributed by atoms with E-state index in [-0.39, 0.29) is 4.47 Å². The minimum absolute atomic E-state index is 0.214. The van der Waals surface area contributed by atoms with E-state index < -0.39 is 29.4 Å².